The molecule has 0 saturated carbocycles. The van der Waals surface area contributed by atoms with Crippen LogP contribution in [0.25, 0.3) is 0 Å². The Hall–Kier alpha value is -1.23. The fraction of sp³-hybridized carbons (Fsp3) is 0. The van der Waals surface area contributed by atoms with E-state index in [-0.39, 0.29) is 5.56 Å². The van der Waals surface area contributed by atoms with Gasteiger partial charge in [0.15, 0.2) is 0 Å². The molecule has 2 aromatic carbocycles. The van der Waals surface area contributed by atoms with Gasteiger partial charge in [-0.3, -0.25) is 4.79 Å². The van der Waals surface area contributed by atoms with Crippen LogP contribution in [-0.4, -0.2) is 5.91 Å². The van der Waals surface area contributed by atoms with Gasteiger partial charge in [-0.05, 0) is 36.4 Å². The second kappa shape index (κ2) is 5.82. The highest BCUT2D eigenvalue weighted by Gasteiger charge is 2.12. The minimum Gasteiger partial charge on any atom is -0.322 e. The number of rotatable bonds is 2. The van der Waals surface area contributed by atoms with Crippen molar-refractivity contribution in [2.75, 3.05) is 5.32 Å². The molecule has 0 unspecified atom stereocenters. The second-order valence-electron chi connectivity index (χ2n) is 3.78. The number of hydrogen-bond donors (Lipinski definition) is 2. The van der Waals surface area contributed by atoms with Crippen molar-refractivity contribution in [3.05, 3.63) is 57.8 Å². The van der Waals surface area contributed by atoms with Crippen LogP contribution < -0.4 is 5.32 Å². The largest absolute Gasteiger partial charge is 0.322 e. The minimum absolute atomic E-state index is 0.0939. The zero-order valence-corrected chi connectivity index (χ0v) is 11.9. The first kappa shape index (κ1) is 14.2. The first-order valence-electron chi connectivity index (χ1n) is 5.21. The van der Waals surface area contributed by atoms with E-state index in [9.17, 15) is 9.18 Å². The molecule has 0 bridgehead atoms. The number of halogens is 3. The number of carbonyl (C=O) groups excluding carboxylic acids is 1. The summed E-state index contributed by atoms with van der Waals surface area (Å²) in [5.74, 6) is -1.21. The van der Waals surface area contributed by atoms with Crippen molar-refractivity contribution in [3.8, 4) is 0 Å². The summed E-state index contributed by atoms with van der Waals surface area (Å²) >= 11 is 15.7. The Bertz CT molecular complexity index is 628. The predicted molar refractivity (Wildman–Crippen MR) is 78.1 cm³/mol. The highest BCUT2D eigenvalue weighted by atomic mass is 35.5. The summed E-state index contributed by atoms with van der Waals surface area (Å²) in [6.07, 6.45) is 0. The standard InChI is InChI=1S/C13H8Cl2FNOS/c14-7-3-8(15)5-9(4-7)17-13(18)11-6-10(19)1-2-12(11)16/h1-6,19H,(H,17,18). The summed E-state index contributed by atoms with van der Waals surface area (Å²) in [5.41, 5.74) is 0.301. The molecule has 0 aliphatic carbocycles. The van der Waals surface area contributed by atoms with Gasteiger partial charge in [0.05, 0.1) is 5.56 Å². The van der Waals surface area contributed by atoms with Crippen LogP contribution >= 0.6 is 35.8 Å². The predicted octanol–water partition coefficient (Wildman–Crippen LogP) is 4.67. The number of nitrogens with one attached hydrogen (secondary N) is 1. The molecule has 0 aliphatic rings. The van der Waals surface area contributed by atoms with Crippen molar-refractivity contribution >= 4 is 47.4 Å². The van der Waals surface area contributed by atoms with Gasteiger partial charge >= 0.3 is 0 Å². The topological polar surface area (TPSA) is 29.1 Å². The van der Waals surface area contributed by atoms with E-state index < -0.39 is 11.7 Å². The number of carbonyl (C=O) groups is 1. The molecule has 0 aromatic heterocycles. The van der Waals surface area contributed by atoms with Crippen LogP contribution in [0.2, 0.25) is 10.0 Å². The number of thiol groups is 1. The normalized spacial score (nSPS) is 10.3. The van der Waals surface area contributed by atoms with E-state index in [0.29, 0.717) is 20.6 Å². The van der Waals surface area contributed by atoms with Crippen LogP contribution in [0.3, 0.4) is 0 Å². The van der Waals surface area contributed by atoms with E-state index in [4.69, 9.17) is 23.2 Å². The summed E-state index contributed by atoms with van der Waals surface area (Å²) in [5, 5.41) is 3.29. The molecule has 0 fully saturated rings. The van der Waals surface area contributed by atoms with Crippen LogP contribution in [0.1, 0.15) is 10.4 Å². The Morgan fingerprint density at radius 2 is 1.74 bits per heavy atom. The second-order valence-corrected chi connectivity index (χ2v) is 5.17. The Balaban J connectivity index is 2.28. The van der Waals surface area contributed by atoms with Gasteiger partial charge in [-0.1, -0.05) is 23.2 Å². The quantitative estimate of drug-likeness (QED) is 0.774. The van der Waals surface area contributed by atoms with Gasteiger partial charge < -0.3 is 5.32 Å². The third-order valence-corrected chi connectivity index (χ3v) is 3.03. The fourth-order valence-electron chi connectivity index (χ4n) is 1.51. The van der Waals surface area contributed by atoms with Crippen molar-refractivity contribution in [3.63, 3.8) is 0 Å². The summed E-state index contributed by atoms with van der Waals surface area (Å²) in [6, 6.07) is 8.57. The van der Waals surface area contributed by atoms with Gasteiger partial charge in [0, 0.05) is 20.6 Å². The number of anilines is 1. The summed E-state index contributed by atoms with van der Waals surface area (Å²) in [6.45, 7) is 0. The smallest absolute Gasteiger partial charge is 0.258 e. The van der Waals surface area contributed by atoms with Gasteiger partial charge in [0.25, 0.3) is 5.91 Å². The highest BCUT2D eigenvalue weighted by Crippen LogP contribution is 2.23. The number of hydrogen-bond acceptors (Lipinski definition) is 2. The van der Waals surface area contributed by atoms with Crippen LogP contribution in [0.4, 0.5) is 10.1 Å². The maximum atomic E-state index is 13.5. The van der Waals surface area contributed by atoms with E-state index in [1.807, 2.05) is 0 Å². The van der Waals surface area contributed by atoms with Crippen molar-refractivity contribution < 1.29 is 9.18 Å². The molecule has 0 saturated heterocycles. The van der Waals surface area contributed by atoms with Crippen LogP contribution in [0, 0.1) is 5.82 Å². The lowest BCUT2D eigenvalue weighted by atomic mass is 10.2. The molecule has 19 heavy (non-hydrogen) atoms. The Kier molecular flexibility index (Phi) is 4.34. The van der Waals surface area contributed by atoms with Gasteiger partial charge in [-0.25, -0.2) is 4.39 Å². The van der Waals surface area contributed by atoms with E-state index in [0.717, 1.165) is 0 Å². The van der Waals surface area contributed by atoms with Crippen LogP contribution in [-0.2, 0) is 0 Å². The number of benzene rings is 2. The molecular formula is C13H8Cl2FNOS. The van der Waals surface area contributed by atoms with Crippen molar-refractivity contribution in [1.29, 1.82) is 0 Å². The zero-order chi connectivity index (χ0) is 14.0. The molecule has 0 spiro atoms. The molecule has 1 N–H and O–H groups in total. The van der Waals surface area contributed by atoms with Gasteiger partial charge in [0.2, 0.25) is 0 Å². The lowest BCUT2D eigenvalue weighted by Crippen LogP contribution is -2.13. The maximum absolute atomic E-state index is 13.5. The zero-order valence-electron chi connectivity index (χ0n) is 9.45. The van der Waals surface area contributed by atoms with Crippen LogP contribution in [0.15, 0.2) is 41.3 Å². The lowest BCUT2D eigenvalue weighted by molar-refractivity contribution is 0.102. The average Bonchev–Trinajstić information content (AvgIpc) is 2.30. The minimum atomic E-state index is -0.622. The fourth-order valence-corrected chi connectivity index (χ4v) is 2.24. The van der Waals surface area contributed by atoms with E-state index in [2.05, 4.69) is 17.9 Å². The van der Waals surface area contributed by atoms with Crippen molar-refractivity contribution in [1.82, 2.24) is 0 Å². The van der Waals surface area contributed by atoms with E-state index >= 15 is 0 Å². The average molecular weight is 316 g/mol. The monoisotopic (exact) mass is 315 g/mol. The Morgan fingerprint density at radius 3 is 2.37 bits per heavy atom. The highest BCUT2D eigenvalue weighted by molar-refractivity contribution is 7.80. The van der Waals surface area contributed by atoms with Crippen molar-refractivity contribution in [2.45, 2.75) is 4.90 Å². The molecule has 98 valence electrons. The molecule has 0 aliphatic heterocycles. The Morgan fingerprint density at radius 1 is 1.11 bits per heavy atom. The van der Waals surface area contributed by atoms with E-state index in [1.165, 1.54) is 36.4 Å². The maximum Gasteiger partial charge on any atom is 0.258 e. The molecule has 2 nitrogen and oxygen atoms in total. The lowest BCUT2D eigenvalue weighted by Gasteiger charge is -2.07. The molecule has 2 aromatic rings. The summed E-state index contributed by atoms with van der Waals surface area (Å²) in [7, 11) is 0. The van der Waals surface area contributed by atoms with Gasteiger partial charge in [0.1, 0.15) is 5.82 Å². The molecular weight excluding hydrogens is 308 g/mol. The van der Waals surface area contributed by atoms with Crippen molar-refractivity contribution in [2.24, 2.45) is 0 Å². The third kappa shape index (κ3) is 3.62. The molecule has 2 rings (SSSR count). The van der Waals surface area contributed by atoms with Gasteiger partial charge in [-0.2, -0.15) is 0 Å². The van der Waals surface area contributed by atoms with Gasteiger partial charge in [-0.15, -0.1) is 12.6 Å². The third-order valence-electron chi connectivity index (χ3n) is 2.31. The molecule has 0 atom stereocenters. The summed E-state index contributed by atoms with van der Waals surface area (Å²) < 4.78 is 13.5. The molecule has 0 radical (unpaired) electrons. The van der Waals surface area contributed by atoms with Crippen LogP contribution in [0.5, 0.6) is 0 Å². The first-order chi connectivity index (χ1) is 8.95. The first-order valence-corrected chi connectivity index (χ1v) is 6.42. The van der Waals surface area contributed by atoms with E-state index in [1.54, 1.807) is 0 Å². The molecule has 0 heterocycles. The summed E-state index contributed by atoms with van der Waals surface area (Å²) in [4.78, 5) is 12.4. The molecule has 1 amide bonds. The SMILES string of the molecule is O=C(Nc1cc(Cl)cc(Cl)c1)c1cc(S)ccc1F. The Labute approximate surface area is 124 Å². The molecule has 6 heteroatoms. The number of amides is 1.